The van der Waals surface area contributed by atoms with Crippen molar-refractivity contribution in [3.8, 4) is 34.5 Å². The standard InChI is InChI=1S/C22H28O8/c1-26-17-11-15(12-18(27-2)21(17)25)8-16(13-24)30-22-19(28-3)9-14(6-5-7-23)10-20(22)29-4/h5-6,9-12,16,23-25H,7-8,13H2,1-4H3/t16-/m1/s1. The van der Waals surface area contributed by atoms with Crippen molar-refractivity contribution in [2.75, 3.05) is 41.7 Å². The third-order valence-corrected chi connectivity index (χ3v) is 4.39. The maximum Gasteiger partial charge on any atom is 0.203 e. The van der Waals surface area contributed by atoms with Gasteiger partial charge in [-0.2, -0.15) is 0 Å². The summed E-state index contributed by atoms with van der Waals surface area (Å²) in [7, 11) is 5.90. The van der Waals surface area contributed by atoms with Crippen LogP contribution >= 0.6 is 0 Å². The molecule has 0 saturated carbocycles. The van der Waals surface area contributed by atoms with Gasteiger partial charge in [0, 0.05) is 6.42 Å². The predicted molar refractivity (Wildman–Crippen MR) is 112 cm³/mol. The fourth-order valence-electron chi connectivity index (χ4n) is 2.94. The fourth-order valence-corrected chi connectivity index (χ4v) is 2.94. The Labute approximate surface area is 175 Å². The van der Waals surface area contributed by atoms with Crippen molar-refractivity contribution in [2.45, 2.75) is 12.5 Å². The quantitative estimate of drug-likeness (QED) is 0.509. The summed E-state index contributed by atoms with van der Waals surface area (Å²) in [5.74, 6) is 1.61. The second kappa shape index (κ2) is 11.2. The van der Waals surface area contributed by atoms with Crippen LogP contribution in [0.15, 0.2) is 30.3 Å². The Bertz CT molecular complexity index is 812. The Morgan fingerprint density at radius 1 is 0.833 bits per heavy atom. The first-order valence-electron chi connectivity index (χ1n) is 9.26. The number of ether oxygens (including phenoxy) is 5. The molecule has 0 spiro atoms. The van der Waals surface area contributed by atoms with Crippen LogP contribution in [0.3, 0.4) is 0 Å². The number of aromatic hydroxyl groups is 1. The molecule has 0 aliphatic carbocycles. The Morgan fingerprint density at radius 3 is 1.80 bits per heavy atom. The molecule has 0 unspecified atom stereocenters. The molecule has 0 bridgehead atoms. The van der Waals surface area contributed by atoms with Crippen molar-refractivity contribution in [1.82, 2.24) is 0 Å². The number of benzene rings is 2. The van der Waals surface area contributed by atoms with Crippen molar-refractivity contribution in [2.24, 2.45) is 0 Å². The number of phenolic OH excluding ortho intramolecular Hbond substituents is 1. The molecule has 0 saturated heterocycles. The molecule has 0 aliphatic heterocycles. The van der Waals surface area contributed by atoms with E-state index in [1.165, 1.54) is 28.4 Å². The van der Waals surface area contributed by atoms with Gasteiger partial charge in [-0.1, -0.05) is 12.2 Å². The number of hydrogen-bond donors (Lipinski definition) is 3. The lowest BCUT2D eigenvalue weighted by Crippen LogP contribution is -2.24. The first-order valence-corrected chi connectivity index (χ1v) is 9.26. The molecule has 8 nitrogen and oxygen atoms in total. The molecule has 2 rings (SSSR count). The smallest absolute Gasteiger partial charge is 0.203 e. The van der Waals surface area contributed by atoms with Crippen LogP contribution in [0.2, 0.25) is 0 Å². The van der Waals surface area contributed by atoms with Gasteiger partial charge in [-0.3, -0.25) is 0 Å². The molecule has 2 aromatic carbocycles. The van der Waals surface area contributed by atoms with E-state index in [2.05, 4.69) is 0 Å². The molecule has 0 heterocycles. The van der Waals surface area contributed by atoms with E-state index in [4.69, 9.17) is 28.8 Å². The van der Waals surface area contributed by atoms with E-state index in [0.717, 1.165) is 11.1 Å². The zero-order valence-electron chi connectivity index (χ0n) is 17.5. The lowest BCUT2D eigenvalue weighted by Gasteiger charge is -2.22. The second-order valence-corrected chi connectivity index (χ2v) is 6.31. The highest BCUT2D eigenvalue weighted by molar-refractivity contribution is 5.62. The maximum absolute atomic E-state index is 10.1. The van der Waals surface area contributed by atoms with Crippen LogP contribution in [0, 0.1) is 0 Å². The van der Waals surface area contributed by atoms with Crippen LogP contribution in [0.25, 0.3) is 6.08 Å². The molecule has 0 aromatic heterocycles. The third kappa shape index (κ3) is 5.49. The average Bonchev–Trinajstić information content (AvgIpc) is 2.78. The van der Waals surface area contributed by atoms with Crippen LogP contribution in [-0.4, -0.2) is 63.1 Å². The number of rotatable bonds is 11. The molecule has 0 amide bonds. The van der Waals surface area contributed by atoms with Crippen LogP contribution in [0.1, 0.15) is 11.1 Å². The molecule has 0 fully saturated rings. The van der Waals surface area contributed by atoms with Crippen molar-refractivity contribution in [3.05, 3.63) is 41.5 Å². The van der Waals surface area contributed by atoms with Gasteiger partial charge in [0.1, 0.15) is 6.10 Å². The average molecular weight is 420 g/mol. The molecule has 164 valence electrons. The third-order valence-electron chi connectivity index (χ3n) is 4.39. The largest absolute Gasteiger partial charge is 0.502 e. The Balaban J connectivity index is 2.34. The summed E-state index contributed by atoms with van der Waals surface area (Å²) in [6.07, 6.45) is 3.00. The lowest BCUT2D eigenvalue weighted by molar-refractivity contribution is 0.109. The number of methoxy groups -OCH3 is 4. The zero-order chi connectivity index (χ0) is 22.1. The van der Waals surface area contributed by atoms with Crippen molar-refractivity contribution >= 4 is 6.08 Å². The van der Waals surface area contributed by atoms with Crippen LogP contribution in [0.4, 0.5) is 0 Å². The lowest BCUT2D eigenvalue weighted by atomic mass is 10.1. The number of hydrogen-bond acceptors (Lipinski definition) is 8. The first-order chi connectivity index (χ1) is 14.5. The summed E-state index contributed by atoms with van der Waals surface area (Å²) in [5.41, 5.74) is 1.50. The molecule has 0 radical (unpaired) electrons. The highest BCUT2D eigenvalue weighted by Crippen LogP contribution is 2.41. The highest BCUT2D eigenvalue weighted by atomic mass is 16.5. The number of phenols is 1. The molecular formula is C22H28O8. The summed E-state index contributed by atoms with van der Waals surface area (Å²) in [6.45, 7) is -0.362. The highest BCUT2D eigenvalue weighted by Gasteiger charge is 2.20. The maximum atomic E-state index is 10.1. The van der Waals surface area contributed by atoms with E-state index in [0.29, 0.717) is 23.7 Å². The van der Waals surface area contributed by atoms with E-state index < -0.39 is 6.10 Å². The SMILES string of the molecule is COc1cc(C[C@H](CO)Oc2c(OC)cc(C=CCO)cc2OC)cc(OC)c1O. The topological polar surface area (TPSA) is 107 Å². The molecule has 30 heavy (non-hydrogen) atoms. The van der Waals surface area contributed by atoms with Gasteiger partial charge >= 0.3 is 0 Å². The first kappa shape index (κ1) is 23.2. The molecular weight excluding hydrogens is 392 g/mol. The zero-order valence-corrected chi connectivity index (χ0v) is 17.5. The summed E-state index contributed by atoms with van der Waals surface area (Å²) in [5, 5.41) is 29.0. The van der Waals surface area contributed by atoms with Gasteiger partial charge in [0.25, 0.3) is 0 Å². The molecule has 1 atom stereocenters. The molecule has 8 heteroatoms. The minimum atomic E-state index is -0.634. The Morgan fingerprint density at radius 2 is 1.37 bits per heavy atom. The summed E-state index contributed by atoms with van der Waals surface area (Å²) < 4.78 is 27.3. The minimum Gasteiger partial charge on any atom is -0.502 e. The van der Waals surface area contributed by atoms with Crippen LogP contribution in [0.5, 0.6) is 34.5 Å². The van der Waals surface area contributed by atoms with Crippen molar-refractivity contribution in [3.63, 3.8) is 0 Å². The molecule has 3 N–H and O–H groups in total. The van der Waals surface area contributed by atoms with Gasteiger partial charge in [0.2, 0.25) is 11.5 Å². The van der Waals surface area contributed by atoms with Gasteiger partial charge in [-0.15, -0.1) is 0 Å². The van der Waals surface area contributed by atoms with Gasteiger partial charge in [0.05, 0.1) is 41.7 Å². The van der Waals surface area contributed by atoms with Gasteiger partial charge < -0.3 is 39.0 Å². The van der Waals surface area contributed by atoms with Crippen molar-refractivity contribution in [1.29, 1.82) is 0 Å². The van der Waals surface area contributed by atoms with E-state index in [1.54, 1.807) is 36.4 Å². The predicted octanol–water partition coefficient (Wildman–Crippen LogP) is 2.41. The van der Waals surface area contributed by atoms with Gasteiger partial charge in [0.15, 0.2) is 23.0 Å². The van der Waals surface area contributed by atoms with E-state index >= 15 is 0 Å². The number of aliphatic hydroxyl groups is 2. The molecule has 2 aromatic rings. The fraction of sp³-hybridized carbons (Fsp3) is 0.364. The Kier molecular flexibility index (Phi) is 8.64. The van der Waals surface area contributed by atoms with Gasteiger partial charge in [-0.05, 0) is 35.4 Å². The minimum absolute atomic E-state index is 0.0883. The van der Waals surface area contributed by atoms with Crippen LogP contribution < -0.4 is 23.7 Å². The Hall–Kier alpha value is -3.10. The summed E-state index contributed by atoms with van der Waals surface area (Å²) in [6, 6.07) is 6.79. The summed E-state index contributed by atoms with van der Waals surface area (Å²) in [4.78, 5) is 0. The van der Waals surface area contributed by atoms with E-state index in [9.17, 15) is 10.2 Å². The number of aliphatic hydroxyl groups excluding tert-OH is 2. The van der Waals surface area contributed by atoms with E-state index in [1.807, 2.05) is 0 Å². The van der Waals surface area contributed by atoms with Gasteiger partial charge in [-0.25, -0.2) is 0 Å². The molecule has 0 aliphatic rings. The normalized spacial score (nSPS) is 11.9. The monoisotopic (exact) mass is 420 g/mol. The van der Waals surface area contributed by atoms with Crippen molar-refractivity contribution < 1.29 is 39.0 Å². The van der Waals surface area contributed by atoms with Crippen LogP contribution in [-0.2, 0) is 6.42 Å². The summed E-state index contributed by atoms with van der Waals surface area (Å²) >= 11 is 0. The van der Waals surface area contributed by atoms with E-state index in [-0.39, 0.29) is 30.5 Å². The second-order valence-electron chi connectivity index (χ2n) is 6.31.